The lowest BCUT2D eigenvalue weighted by atomic mass is 10.3. The maximum absolute atomic E-state index is 11.3. The highest BCUT2D eigenvalue weighted by Crippen LogP contribution is 1.92. The molecule has 1 heterocycles. The highest BCUT2D eigenvalue weighted by molar-refractivity contribution is 5.81. The van der Waals surface area contributed by atoms with Gasteiger partial charge in [-0.3, -0.25) is 14.5 Å². The predicted octanol–water partition coefficient (Wildman–Crippen LogP) is 0.901. The van der Waals surface area contributed by atoms with E-state index in [9.17, 15) is 9.59 Å². The highest BCUT2D eigenvalue weighted by atomic mass is 16.5. The minimum absolute atomic E-state index is 0. The van der Waals surface area contributed by atoms with Gasteiger partial charge >= 0.3 is 5.97 Å². The fourth-order valence-corrected chi connectivity index (χ4v) is 1.89. The van der Waals surface area contributed by atoms with Crippen LogP contribution in [0, 0.1) is 0 Å². The Kier molecular flexibility index (Phi) is 16.0. The van der Waals surface area contributed by atoms with E-state index in [1.165, 1.54) is 31.0 Å². The van der Waals surface area contributed by atoms with Crippen molar-refractivity contribution >= 4 is 11.9 Å². The van der Waals surface area contributed by atoms with E-state index in [1.54, 1.807) is 21.0 Å². The minimum Gasteiger partial charge on any atom is -0.454 e. The van der Waals surface area contributed by atoms with E-state index in [0.717, 1.165) is 19.6 Å². The Labute approximate surface area is 148 Å². The van der Waals surface area contributed by atoms with Gasteiger partial charge in [0.2, 0.25) is 0 Å². The monoisotopic (exact) mass is 346 g/mol. The first-order chi connectivity index (χ1) is 10.9. The summed E-state index contributed by atoms with van der Waals surface area (Å²) in [7, 11) is 3.24. The second-order valence-electron chi connectivity index (χ2n) is 5.85. The van der Waals surface area contributed by atoms with Crippen LogP contribution < -0.4 is 10.6 Å². The van der Waals surface area contributed by atoms with Crippen LogP contribution in [0.2, 0.25) is 0 Å². The zero-order valence-corrected chi connectivity index (χ0v) is 15.4. The van der Waals surface area contributed by atoms with E-state index in [-0.39, 0.29) is 26.0 Å². The van der Waals surface area contributed by atoms with Crippen LogP contribution in [0.5, 0.6) is 0 Å². The van der Waals surface area contributed by atoms with Gasteiger partial charge < -0.3 is 20.3 Å². The number of ether oxygens (including phenoxy) is 1. The first-order valence-corrected chi connectivity index (χ1v) is 8.45. The van der Waals surface area contributed by atoms with Crippen molar-refractivity contribution in [3.8, 4) is 0 Å². The Hall–Kier alpha value is -1.18. The number of amides is 1. The maximum atomic E-state index is 11.3. The molecule has 1 saturated heterocycles. The van der Waals surface area contributed by atoms with Gasteiger partial charge in [-0.1, -0.05) is 21.3 Å². The van der Waals surface area contributed by atoms with E-state index in [4.69, 9.17) is 4.74 Å². The topological polar surface area (TPSA) is 73.9 Å². The van der Waals surface area contributed by atoms with Crippen LogP contribution >= 0.6 is 0 Å². The molecular weight excluding hydrogens is 308 g/mol. The van der Waals surface area contributed by atoms with Crippen molar-refractivity contribution in [2.24, 2.45) is 0 Å². The standard InChI is InChI=1S/C10H20N2O3.C6H14N2.CH4/c1-5-6-11-8(2)10(14)15-7-9(13)12(3)4;1-2-4-8-5-3-7-6-8;/h8,11H,5-7H2,1-4H3;7H,2-6H2,1H3;1H4. The number of likely N-dealkylation sites (N-methyl/N-ethyl adjacent to an activating group) is 1. The van der Waals surface area contributed by atoms with Crippen LogP contribution in [-0.2, 0) is 14.3 Å². The molecule has 0 radical (unpaired) electrons. The summed E-state index contributed by atoms with van der Waals surface area (Å²) in [6.07, 6.45) is 2.23. The van der Waals surface area contributed by atoms with Crippen LogP contribution in [0.4, 0.5) is 0 Å². The summed E-state index contributed by atoms with van der Waals surface area (Å²) in [5, 5.41) is 6.27. The molecule has 0 aromatic rings. The molecule has 7 heteroatoms. The molecule has 1 amide bonds. The van der Waals surface area contributed by atoms with Gasteiger partial charge in [0, 0.05) is 33.9 Å². The molecule has 1 unspecified atom stereocenters. The van der Waals surface area contributed by atoms with Crippen molar-refractivity contribution in [1.29, 1.82) is 0 Å². The number of carbonyl (C=O) groups is 2. The fraction of sp³-hybridized carbons (Fsp3) is 0.882. The molecule has 144 valence electrons. The first-order valence-electron chi connectivity index (χ1n) is 8.45. The number of carbonyl (C=O) groups excluding carboxylic acids is 2. The van der Waals surface area contributed by atoms with Crippen molar-refractivity contribution in [2.75, 3.05) is 53.5 Å². The number of rotatable bonds is 8. The molecule has 0 spiro atoms. The summed E-state index contributed by atoms with van der Waals surface area (Å²) in [5.74, 6) is -0.607. The van der Waals surface area contributed by atoms with Crippen molar-refractivity contribution in [2.45, 2.75) is 47.1 Å². The molecule has 2 N–H and O–H groups in total. The van der Waals surface area contributed by atoms with Gasteiger partial charge in [-0.05, 0) is 32.9 Å². The number of nitrogens with one attached hydrogen (secondary N) is 2. The number of nitrogens with zero attached hydrogens (tertiary/aromatic N) is 2. The van der Waals surface area contributed by atoms with Crippen molar-refractivity contribution < 1.29 is 14.3 Å². The molecule has 1 aliphatic heterocycles. The molecule has 1 aliphatic rings. The highest BCUT2D eigenvalue weighted by Gasteiger charge is 2.15. The Morgan fingerprint density at radius 3 is 2.42 bits per heavy atom. The van der Waals surface area contributed by atoms with E-state index in [0.29, 0.717) is 0 Å². The zero-order valence-electron chi connectivity index (χ0n) is 15.4. The second-order valence-corrected chi connectivity index (χ2v) is 5.85. The molecule has 1 rings (SSSR count). The van der Waals surface area contributed by atoms with Gasteiger partial charge in [0.15, 0.2) is 6.61 Å². The lowest BCUT2D eigenvalue weighted by Gasteiger charge is -2.14. The van der Waals surface area contributed by atoms with Crippen LogP contribution in [0.25, 0.3) is 0 Å². The summed E-state index contributed by atoms with van der Waals surface area (Å²) in [4.78, 5) is 26.2. The van der Waals surface area contributed by atoms with Gasteiger partial charge in [-0.2, -0.15) is 0 Å². The van der Waals surface area contributed by atoms with E-state index in [2.05, 4.69) is 22.5 Å². The lowest BCUT2D eigenvalue weighted by molar-refractivity contribution is -0.152. The Bertz CT molecular complexity index is 332. The molecule has 24 heavy (non-hydrogen) atoms. The number of hydrogen-bond donors (Lipinski definition) is 2. The third-order valence-corrected chi connectivity index (χ3v) is 3.37. The maximum Gasteiger partial charge on any atom is 0.323 e. The van der Waals surface area contributed by atoms with Crippen LogP contribution in [0.1, 0.15) is 41.0 Å². The van der Waals surface area contributed by atoms with Crippen molar-refractivity contribution in [3.63, 3.8) is 0 Å². The molecule has 0 aromatic carbocycles. The fourth-order valence-electron chi connectivity index (χ4n) is 1.89. The molecule has 7 nitrogen and oxygen atoms in total. The van der Waals surface area contributed by atoms with E-state index in [1.807, 2.05) is 6.92 Å². The lowest BCUT2D eigenvalue weighted by Crippen LogP contribution is -2.37. The van der Waals surface area contributed by atoms with E-state index < -0.39 is 5.97 Å². The quantitative estimate of drug-likeness (QED) is 0.636. The third kappa shape index (κ3) is 12.3. The third-order valence-electron chi connectivity index (χ3n) is 3.37. The van der Waals surface area contributed by atoms with Crippen LogP contribution in [0.15, 0.2) is 0 Å². The van der Waals surface area contributed by atoms with Crippen LogP contribution in [-0.4, -0.2) is 81.3 Å². The molecule has 0 aromatic heterocycles. The van der Waals surface area contributed by atoms with Gasteiger partial charge in [0.05, 0.1) is 0 Å². The van der Waals surface area contributed by atoms with Gasteiger partial charge in [-0.15, -0.1) is 0 Å². The molecular formula is C17H38N4O3. The number of esters is 1. The number of hydrogen-bond acceptors (Lipinski definition) is 6. The molecule has 0 bridgehead atoms. The smallest absolute Gasteiger partial charge is 0.323 e. The minimum atomic E-state index is -0.390. The Morgan fingerprint density at radius 1 is 1.29 bits per heavy atom. The second kappa shape index (κ2) is 15.4. The molecule has 1 atom stereocenters. The molecule has 0 aliphatic carbocycles. The van der Waals surface area contributed by atoms with Crippen molar-refractivity contribution in [3.05, 3.63) is 0 Å². The summed E-state index contributed by atoms with van der Waals surface area (Å²) < 4.78 is 4.83. The first kappa shape index (κ1) is 25.1. The van der Waals surface area contributed by atoms with E-state index >= 15 is 0 Å². The SMILES string of the molecule is C.CCCN1CCNC1.CCCNC(C)C(=O)OCC(=O)N(C)C. The van der Waals surface area contributed by atoms with Gasteiger partial charge in [0.25, 0.3) is 5.91 Å². The average molecular weight is 347 g/mol. The largest absolute Gasteiger partial charge is 0.454 e. The summed E-state index contributed by atoms with van der Waals surface area (Å²) in [6, 6.07) is -0.361. The van der Waals surface area contributed by atoms with Crippen molar-refractivity contribution in [1.82, 2.24) is 20.4 Å². The van der Waals surface area contributed by atoms with Crippen LogP contribution in [0.3, 0.4) is 0 Å². The summed E-state index contributed by atoms with van der Waals surface area (Å²) in [6.45, 7) is 11.3. The molecule has 1 fully saturated rings. The Balaban J connectivity index is 0. The normalized spacial score (nSPS) is 14.9. The van der Waals surface area contributed by atoms with Gasteiger partial charge in [0.1, 0.15) is 6.04 Å². The summed E-state index contributed by atoms with van der Waals surface area (Å²) >= 11 is 0. The zero-order chi connectivity index (χ0) is 17.7. The Morgan fingerprint density at radius 2 is 1.96 bits per heavy atom. The average Bonchev–Trinajstić information content (AvgIpc) is 3.03. The van der Waals surface area contributed by atoms with Gasteiger partial charge in [-0.25, -0.2) is 0 Å². The summed E-state index contributed by atoms with van der Waals surface area (Å²) in [5.41, 5.74) is 0. The predicted molar refractivity (Wildman–Crippen MR) is 98.9 cm³/mol. The molecule has 0 saturated carbocycles.